The fourth-order valence-corrected chi connectivity index (χ4v) is 1.90. The first-order valence-electron chi connectivity index (χ1n) is 5.74. The molecule has 0 aliphatic rings. The Bertz CT molecular complexity index is 403. The second-order valence-electron chi connectivity index (χ2n) is 3.81. The first-order valence-corrected chi connectivity index (χ1v) is 7.13. The lowest BCUT2D eigenvalue weighted by Gasteiger charge is -2.02. The van der Waals surface area contributed by atoms with Crippen molar-refractivity contribution in [2.45, 2.75) is 19.3 Å². The standard InChI is InChI=1S/C12H17NO4S/c1-18-6-4-2-3-5-13-11(14)10-7-9(8-17-10)12(15)16/h7-8H,2-6H2,1H3,(H,13,14)(H,15,16). The van der Waals surface area contributed by atoms with Gasteiger partial charge in [0.2, 0.25) is 0 Å². The number of hydrogen-bond donors (Lipinski definition) is 2. The number of carboxylic acid groups (broad SMARTS) is 1. The number of hydrogen-bond acceptors (Lipinski definition) is 4. The van der Waals surface area contributed by atoms with E-state index in [1.54, 1.807) is 0 Å². The van der Waals surface area contributed by atoms with Crippen molar-refractivity contribution in [1.82, 2.24) is 5.32 Å². The van der Waals surface area contributed by atoms with Gasteiger partial charge in [-0.15, -0.1) is 0 Å². The number of nitrogens with one attached hydrogen (secondary N) is 1. The fourth-order valence-electron chi connectivity index (χ4n) is 1.40. The van der Waals surface area contributed by atoms with Gasteiger partial charge in [-0.25, -0.2) is 4.79 Å². The number of amides is 1. The minimum Gasteiger partial charge on any atom is -0.478 e. The summed E-state index contributed by atoms with van der Waals surface area (Å²) < 4.78 is 4.89. The third kappa shape index (κ3) is 4.83. The summed E-state index contributed by atoms with van der Waals surface area (Å²) in [5.74, 6) is -0.299. The van der Waals surface area contributed by atoms with E-state index in [9.17, 15) is 9.59 Å². The Morgan fingerprint density at radius 1 is 1.39 bits per heavy atom. The van der Waals surface area contributed by atoms with Gasteiger partial charge in [-0.05, 0) is 24.9 Å². The van der Waals surface area contributed by atoms with Gasteiger partial charge in [-0.1, -0.05) is 6.42 Å². The van der Waals surface area contributed by atoms with Crippen molar-refractivity contribution in [3.05, 3.63) is 23.7 Å². The average Bonchev–Trinajstić information content (AvgIpc) is 2.83. The van der Waals surface area contributed by atoms with E-state index < -0.39 is 5.97 Å². The maximum absolute atomic E-state index is 11.6. The number of aromatic carboxylic acids is 1. The summed E-state index contributed by atoms with van der Waals surface area (Å²) in [7, 11) is 0. The highest BCUT2D eigenvalue weighted by molar-refractivity contribution is 7.98. The molecule has 1 rings (SSSR count). The number of carbonyl (C=O) groups is 2. The Balaban J connectivity index is 2.25. The molecule has 1 heterocycles. The van der Waals surface area contributed by atoms with E-state index in [2.05, 4.69) is 11.6 Å². The molecule has 0 fully saturated rings. The lowest BCUT2D eigenvalue weighted by atomic mass is 10.2. The number of thioether (sulfide) groups is 1. The number of unbranched alkanes of at least 4 members (excludes halogenated alkanes) is 2. The van der Waals surface area contributed by atoms with Crippen LogP contribution in [0.4, 0.5) is 0 Å². The monoisotopic (exact) mass is 271 g/mol. The molecule has 0 unspecified atom stereocenters. The Morgan fingerprint density at radius 3 is 2.78 bits per heavy atom. The van der Waals surface area contributed by atoms with Gasteiger partial charge in [0.15, 0.2) is 5.76 Å². The topological polar surface area (TPSA) is 79.5 Å². The van der Waals surface area contributed by atoms with Crippen molar-refractivity contribution in [3.8, 4) is 0 Å². The predicted octanol–water partition coefficient (Wildman–Crippen LogP) is 2.24. The van der Waals surface area contributed by atoms with E-state index in [4.69, 9.17) is 9.52 Å². The van der Waals surface area contributed by atoms with Crippen molar-refractivity contribution in [3.63, 3.8) is 0 Å². The molecule has 1 amide bonds. The average molecular weight is 271 g/mol. The molecule has 0 atom stereocenters. The molecule has 6 heteroatoms. The number of carbonyl (C=O) groups excluding carboxylic acids is 1. The maximum Gasteiger partial charge on any atom is 0.338 e. The van der Waals surface area contributed by atoms with Crippen LogP contribution >= 0.6 is 11.8 Å². The molecule has 0 spiro atoms. The van der Waals surface area contributed by atoms with E-state index >= 15 is 0 Å². The molecule has 18 heavy (non-hydrogen) atoms. The van der Waals surface area contributed by atoms with Gasteiger partial charge in [0, 0.05) is 12.6 Å². The van der Waals surface area contributed by atoms with Crippen molar-refractivity contribution in [2.75, 3.05) is 18.6 Å². The fraction of sp³-hybridized carbons (Fsp3) is 0.500. The third-order valence-corrected chi connectivity index (χ3v) is 3.08. The van der Waals surface area contributed by atoms with Gasteiger partial charge in [0.25, 0.3) is 5.91 Å². The number of carboxylic acids is 1. The van der Waals surface area contributed by atoms with Crippen LogP contribution in [0.5, 0.6) is 0 Å². The highest BCUT2D eigenvalue weighted by Crippen LogP contribution is 2.07. The summed E-state index contributed by atoms with van der Waals surface area (Å²) in [5, 5.41) is 11.4. The second-order valence-corrected chi connectivity index (χ2v) is 4.80. The quantitative estimate of drug-likeness (QED) is 0.709. The first kappa shape index (κ1) is 14.6. The van der Waals surface area contributed by atoms with E-state index in [1.807, 2.05) is 11.8 Å². The molecule has 0 aromatic carbocycles. The van der Waals surface area contributed by atoms with Gasteiger partial charge in [-0.2, -0.15) is 11.8 Å². The highest BCUT2D eigenvalue weighted by atomic mass is 32.2. The summed E-state index contributed by atoms with van der Waals surface area (Å²) in [6.07, 6.45) is 6.26. The van der Waals surface area contributed by atoms with Gasteiger partial charge in [-0.3, -0.25) is 4.79 Å². The molecule has 0 saturated heterocycles. The Kier molecular flexibility index (Phi) is 6.35. The van der Waals surface area contributed by atoms with Gasteiger partial charge >= 0.3 is 5.97 Å². The minimum absolute atomic E-state index is 0.0138. The minimum atomic E-state index is -1.10. The Morgan fingerprint density at radius 2 is 2.17 bits per heavy atom. The van der Waals surface area contributed by atoms with Gasteiger partial charge in [0.1, 0.15) is 6.26 Å². The summed E-state index contributed by atoms with van der Waals surface area (Å²) >= 11 is 1.81. The van der Waals surface area contributed by atoms with Crippen LogP contribution in [-0.4, -0.2) is 35.5 Å². The van der Waals surface area contributed by atoms with Crippen LogP contribution in [0.1, 0.15) is 40.2 Å². The van der Waals surface area contributed by atoms with E-state index in [1.165, 1.54) is 6.07 Å². The SMILES string of the molecule is CSCCCCCNC(=O)c1cc(C(=O)O)co1. The zero-order valence-corrected chi connectivity index (χ0v) is 11.1. The second kappa shape index (κ2) is 7.81. The molecule has 1 aromatic heterocycles. The van der Waals surface area contributed by atoms with Crippen LogP contribution in [0.2, 0.25) is 0 Å². The maximum atomic E-state index is 11.6. The van der Waals surface area contributed by atoms with Crippen LogP contribution in [0.15, 0.2) is 16.7 Å². The molecule has 0 aliphatic carbocycles. The van der Waals surface area contributed by atoms with E-state index in [0.717, 1.165) is 31.3 Å². The van der Waals surface area contributed by atoms with Gasteiger partial charge in [0.05, 0.1) is 5.56 Å². The van der Waals surface area contributed by atoms with Gasteiger partial charge < -0.3 is 14.8 Å². The molecule has 100 valence electrons. The smallest absolute Gasteiger partial charge is 0.338 e. The Labute approximate surface area is 110 Å². The normalized spacial score (nSPS) is 10.3. The van der Waals surface area contributed by atoms with E-state index in [0.29, 0.717) is 6.54 Å². The first-order chi connectivity index (χ1) is 8.65. The summed E-state index contributed by atoms with van der Waals surface area (Å²) in [6.45, 7) is 0.580. The molecule has 5 nitrogen and oxygen atoms in total. The summed E-state index contributed by atoms with van der Waals surface area (Å²) in [5.41, 5.74) is -0.0138. The van der Waals surface area contributed by atoms with Crippen molar-refractivity contribution >= 4 is 23.6 Å². The Hall–Kier alpha value is -1.43. The number of furan rings is 1. The lowest BCUT2D eigenvalue weighted by molar-refractivity contribution is 0.0696. The van der Waals surface area contributed by atoms with Crippen LogP contribution in [0.3, 0.4) is 0 Å². The van der Waals surface area contributed by atoms with Crippen molar-refractivity contribution in [2.24, 2.45) is 0 Å². The van der Waals surface area contributed by atoms with Crippen LogP contribution < -0.4 is 5.32 Å². The third-order valence-electron chi connectivity index (χ3n) is 2.38. The molecular weight excluding hydrogens is 254 g/mol. The molecule has 0 saturated carbocycles. The molecule has 0 aliphatic heterocycles. The number of rotatable bonds is 8. The molecule has 0 radical (unpaired) electrons. The molecular formula is C12H17NO4S. The molecule has 0 bridgehead atoms. The molecule has 2 N–H and O–H groups in total. The summed E-state index contributed by atoms with van der Waals surface area (Å²) in [6, 6.07) is 1.23. The molecule has 1 aromatic rings. The lowest BCUT2D eigenvalue weighted by Crippen LogP contribution is -2.23. The zero-order valence-electron chi connectivity index (χ0n) is 10.3. The van der Waals surface area contributed by atoms with E-state index in [-0.39, 0.29) is 17.2 Å². The van der Waals surface area contributed by atoms with Crippen LogP contribution in [0, 0.1) is 0 Å². The predicted molar refractivity (Wildman–Crippen MR) is 70.2 cm³/mol. The highest BCUT2D eigenvalue weighted by Gasteiger charge is 2.13. The van der Waals surface area contributed by atoms with Crippen LogP contribution in [-0.2, 0) is 0 Å². The largest absolute Gasteiger partial charge is 0.478 e. The summed E-state index contributed by atoms with van der Waals surface area (Å²) in [4.78, 5) is 22.2. The van der Waals surface area contributed by atoms with Crippen molar-refractivity contribution < 1.29 is 19.1 Å². The zero-order chi connectivity index (χ0) is 13.4. The van der Waals surface area contributed by atoms with Crippen LogP contribution in [0.25, 0.3) is 0 Å². The van der Waals surface area contributed by atoms with Crippen molar-refractivity contribution in [1.29, 1.82) is 0 Å².